The molecule has 0 fully saturated rings. The zero-order chi connectivity index (χ0) is 22.3. The number of sulfonamides is 1. The molecule has 3 rings (SSSR count). The monoisotopic (exact) mass is 481 g/mol. The summed E-state index contributed by atoms with van der Waals surface area (Å²) in [4.78, 5) is 16.2. The number of carbonyl (C=O) groups is 1. The average Bonchev–Trinajstić information content (AvgIpc) is 3.20. The van der Waals surface area contributed by atoms with Crippen molar-refractivity contribution in [2.24, 2.45) is 0 Å². The smallest absolute Gasteiger partial charge is 0.271 e. The van der Waals surface area contributed by atoms with Gasteiger partial charge in [-0.3, -0.25) is 9.52 Å². The second-order valence-corrected chi connectivity index (χ2v) is 9.90. The molecule has 0 aliphatic heterocycles. The van der Waals surface area contributed by atoms with Crippen molar-refractivity contribution < 1.29 is 22.7 Å². The van der Waals surface area contributed by atoms with Crippen LogP contribution in [-0.4, -0.2) is 39.6 Å². The number of nitrogens with one attached hydrogen (secondary N) is 2. The molecule has 0 atom stereocenters. The average molecular weight is 482 g/mol. The van der Waals surface area contributed by atoms with Crippen LogP contribution in [0.4, 0.5) is 5.69 Å². The molecule has 0 aliphatic rings. The number of methoxy groups -OCH3 is 1. The van der Waals surface area contributed by atoms with E-state index >= 15 is 0 Å². The molecule has 0 unspecified atom stereocenters. The van der Waals surface area contributed by atoms with Gasteiger partial charge in [0, 0.05) is 38.2 Å². The Morgan fingerprint density at radius 3 is 2.52 bits per heavy atom. The van der Waals surface area contributed by atoms with Gasteiger partial charge in [-0.15, -0.1) is 11.3 Å². The van der Waals surface area contributed by atoms with Gasteiger partial charge in [0.25, 0.3) is 15.9 Å². The highest BCUT2D eigenvalue weighted by molar-refractivity contribution is 7.94. The molecule has 8 nitrogen and oxygen atoms in total. The van der Waals surface area contributed by atoms with Crippen LogP contribution in [0, 0.1) is 0 Å². The molecule has 11 heteroatoms. The highest BCUT2D eigenvalue weighted by atomic mass is 35.5. The molecular weight excluding hydrogens is 462 g/mol. The van der Waals surface area contributed by atoms with E-state index in [2.05, 4.69) is 15.0 Å². The Morgan fingerprint density at radius 1 is 1.13 bits per heavy atom. The maximum Gasteiger partial charge on any atom is 0.271 e. The molecule has 2 N–H and O–H groups in total. The Labute approximate surface area is 189 Å². The van der Waals surface area contributed by atoms with Crippen LogP contribution in [0.15, 0.2) is 58.9 Å². The molecule has 0 aliphatic carbocycles. The third kappa shape index (κ3) is 6.66. The fourth-order valence-electron chi connectivity index (χ4n) is 2.45. The minimum absolute atomic E-state index is 0.129. The molecule has 0 saturated heterocycles. The number of anilines is 1. The Morgan fingerprint density at radius 2 is 1.90 bits per heavy atom. The molecule has 0 saturated carbocycles. The molecule has 0 bridgehead atoms. The highest BCUT2D eigenvalue weighted by Crippen LogP contribution is 2.28. The van der Waals surface area contributed by atoms with Gasteiger partial charge in [-0.05, 0) is 48.9 Å². The number of hydrogen-bond acceptors (Lipinski definition) is 7. The van der Waals surface area contributed by atoms with Crippen LogP contribution < -0.4 is 14.8 Å². The zero-order valence-corrected chi connectivity index (χ0v) is 18.9. The van der Waals surface area contributed by atoms with Crippen LogP contribution in [-0.2, 0) is 14.8 Å². The van der Waals surface area contributed by atoms with Crippen LogP contribution in [0.5, 0.6) is 11.6 Å². The first-order chi connectivity index (χ1) is 14.9. The summed E-state index contributed by atoms with van der Waals surface area (Å²) in [6.07, 6.45) is 2.15. The molecule has 31 heavy (non-hydrogen) atoms. The second kappa shape index (κ2) is 10.6. The number of aromatic nitrogens is 1. The first kappa shape index (κ1) is 23.0. The molecule has 2 aromatic heterocycles. The van der Waals surface area contributed by atoms with Crippen molar-refractivity contribution >= 4 is 44.6 Å². The van der Waals surface area contributed by atoms with E-state index in [0.29, 0.717) is 40.4 Å². The number of hydrogen-bond donors (Lipinski definition) is 2. The minimum Gasteiger partial charge on any atom is -0.439 e. The summed E-state index contributed by atoms with van der Waals surface area (Å²) < 4.78 is 38.3. The minimum atomic E-state index is -3.70. The number of thiophene rings is 1. The van der Waals surface area contributed by atoms with E-state index in [9.17, 15) is 13.2 Å². The molecular formula is C20H20ClN3O5S2. The quantitative estimate of drug-likeness (QED) is 0.421. The zero-order valence-electron chi connectivity index (χ0n) is 16.5. The number of amides is 1. The van der Waals surface area contributed by atoms with Gasteiger partial charge in [0.2, 0.25) is 5.88 Å². The molecule has 0 radical (unpaired) electrons. The first-order valence-corrected chi connectivity index (χ1v) is 11.8. The maximum absolute atomic E-state index is 12.3. The number of ether oxygens (including phenoxy) is 2. The van der Waals surface area contributed by atoms with Gasteiger partial charge in [-0.2, -0.15) is 0 Å². The topological polar surface area (TPSA) is 107 Å². The number of benzene rings is 1. The number of pyridine rings is 1. The summed E-state index contributed by atoms with van der Waals surface area (Å²) >= 11 is 6.78. The SMILES string of the molecule is COCCCNC(=O)c1ccc(Oc2ccc(NS(=O)(=O)c3ccc(Cl)s3)cc2)nc1. The van der Waals surface area contributed by atoms with Gasteiger partial charge in [0.15, 0.2) is 0 Å². The van der Waals surface area contributed by atoms with Crippen LogP contribution in [0.25, 0.3) is 0 Å². The van der Waals surface area contributed by atoms with Gasteiger partial charge in [0.05, 0.1) is 9.90 Å². The van der Waals surface area contributed by atoms with Crippen LogP contribution in [0.1, 0.15) is 16.8 Å². The van der Waals surface area contributed by atoms with E-state index in [0.717, 1.165) is 17.8 Å². The summed E-state index contributed by atoms with van der Waals surface area (Å²) in [5.74, 6) is 0.544. The molecule has 0 spiro atoms. The molecule has 164 valence electrons. The predicted octanol–water partition coefficient (Wildman–Crippen LogP) is 4.16. The fourth-order valence-corrected chi connectivity index (χ4v) is 5.00. The Hall–Kier alpha value is -2.66. The third-order valence-electron chi connectivity index (χ3n) is 3.95. The van der Waals surface area contributed by atoms with Crippen molar-refractivity contribution in [3.05, 3.63) is 64.6 Å². The molecule has 2 heterocycles. The van der Waals surface area contributed by atoms with Crippen molar-refractivity contribution in [2.75, 3.05) is 25.0 Å². The van der Waals surface area contributed by atoms with E-state index in [1.165, 1.54) is 18.3 Å². The second-order valence-electron chi connectivity index (χ2n) is 6.28. The fraction of sp³-hybridized carbons (Fsp3) is 0.200. The largest absolute Gasteiger partial charge is 0.439 e. The predicted molar refractivity (Wildman–Crippen MR) is 120 cm³/mol. The summed E-state index contributed by atoms with van der Waals surface area (Å²) in [5, 5.41) is 2.78. The number of carbonyl (C=O) groups excluding carboxylic acids is 1. The van der Waals surface area contributed by atoms with Crippen molar-refractivity contribution in [1.29, 1.82) is 0 Å². The number of halogens is 1. The number of rotatable bonds is 10. The standard InChI is InChI=1S/C20H20ClN3O5S2/c1-28-12-2-11-22-20(25)14-3-9-18(23-13-14)29-16-6-4-15(5-7-16)24-31(26,27)19-10-8-17(21)30-19/h3-10,13,24H,2,11-12H2,1H3,(H,22,25). The molecule has 3 aromatic rings. The molecule has 1 amide bonds. The third-order valence-corrected chi connectivity index (χ3v) is 7.06. The van der Waals surface area contributed by atoms with E-state index in [-0.39, 0.29) is 10.1 Å². The highest BCUT2D eigenvalue weighted by Gasteiger charge is 2.16. The normalized spacial score (nSPS) is 11.2. The lowest BCUT2D eigenvalue weighted by molar-refractivity contribution is 0.0948. The van der Waals surface area contributed by atoms with Crippen molar-refractivity contribution in [3.63, 3.8) is 0 Å². The lowest BCUT2D eigenvalue weighted by Crippen LogP contribution is -2.25. The van der Waals surface area contributed by atoms with Gasteiger partial charge < -0.3 is 14.8 Å². The molecule has 1 aromatic carbocycles. The van der Waals surface area contributed by atoms with Gasteiger partial charge in [0.1, 0.15) is 9.96 Å². The Kier molecular flexibility index (Phi) is 7.85. The van der Waals surface area contributed by atoms with Crippen LogP contribution >= 0.6 is 22.9 Å². The van der Waals surface area contributed by atoms with Crippen LogP contribution in [0.2, 0.25) is 4.34 Å². The van der Waals surface area contributed by atoms with E-state index in [4.69, 9.17) is 21.1 Å². The number of nitrogens with zero attached hydrogens (tertiary/aromatic N) is 1. The first-order valence-electron chi connectivity index (χ1n) is 9.16. The Balaban J connectivity index is 1.56. The van der Waals surface area contributed by atoms with Gasteiger partial charge >= 0.3 is 0 Å². The lowest BCUT2D eigenvalue weighted by Gasteiger charge is -2.09. The Bertz CT molecular complexity index is 1120. The van der Waals surface area contributed by atoms with E-state index in [1.54, 1.807) is 43.5 Å². The van der Waals surface area contributed by atoms with Crippen molar-refractivity contribution in [3.8, 4) is 11.6 Å². The summed E-state index contributed by atoms with van der Waals surface area (Å²) in [7, 11) is -2.09. The maximum atomic E-state index is 12.3. The summed E-state index contributed by atoms with van der Waals surface area (Å²) in [5.41, 5.74) is 0.800. The van der Waals surface area contributed by atoms with Gasteiger partial charge in [-0.1, -0.05) is 11.6 Å². The lowest BCUT2D eigenvalue weighted by atomic mass is 10.2. The summed E-state index contributed by atoms with van der Waals surface area (Å²) in [6.45, 7) is 1.09. The summed E-state index contributed by atoms with van der Waals surface area (Å²) in [6, 6.07) is 12.5. The van der Waals surface area contributed by atoms with Gasteiger partial charge in [-0.25, -0.2) is 13.4 Å². The van der Waals surface area contributed by atoms with E-state index < -0.39 is 10.0 Å². The van der Waals surface area contributed by atoms with Crippen molar-refractivity contribution in [1.82, 2.24) is 10.3 Å². The van der Waals surface area contributed by atoms with E-state index in [1.807, 2.05) is 0 Å². The van der Waals surface area contributed by atoms with Crippen molar-refractivity contribution in [2.45, 2.75) is 10.6 Å². The van der Waals surface area contributed by atoms with Crippen LogP contribution in [0.3, 0.4) is 0 Å².